The van der Waals surface area contributed by atoms with Crippen molar-refractivity contribution in [2.45, 2.75) is 18.1 Å². The van der Waals surface area contributed by atoms with Gasteiger partial charge in [0.2, 0.25) is 0 Å². The number of thioether (sulfide) groups is 1. The molecule has 4 N–H and O–H groups in total. The molecular formula is C14H19N5OS. The Balaban J connectivity index is 2.15. The van der Waals surface area contributed by atoms with E-state index in [4.69, 9.17) is 10.6 Å². The Hall–Kier alpha value is -1.99. The van der Waals surface area contributed by atoms with Crippen molar-refractivity contribution in [1.29, 1.82) is 0 Å². The standard InChI is InChI=1S/C14H19N5OS/c1-9(10-4-6-11(20-2)7-5-10)16-12-8-13(19-15)18-14(17-12)21-3/h4-9H,15H2,1-3H3,(H2,16,17,18,19). The lowest BCUT2D eigenvalue weighted by Gasteiger charge is -2.16. The van der Waals surface area contributed by atoms with Crippen LogP contribution in [0, 0.1) is 0 Å². The molecule has 0 aliphatic heterocycles. The van der Waals surface area contributed by atoms with Gasteiger partial charge in [0.25, 0.3) is 0 Å². The van der Waals surface area contributed by atoms with Gasteiger partial charge in [0.15, 0.2) is 5.16 Å². The largest absolute Gasteiger partial charge is 0.497 e. The number of ether oxygens (including phenoxy) is 1. The van der Waals surface area contributed by atoms with Crippen molar-refractivity contribution < 1.29 is 4.74 Å². The number of aromatic nitrogens is 2. The Morgan fingerprint density at radius 1 is 1.19 bits per heavy atom. The van der Waals surface area contributed by atoms with Crippen molar-refractivity contribution in [3.8, 4) is 5.75 Å². The Bertz CT molecular complexity index is 568. The van der Waals surface area contributed by atoms with Crippen LogP contribution >= 0.6 is 11.8 Å². The topological polar surface area (TPSA) is 85.1 Å². The van der Waals surface area contributed by atoms with Crippen LogP contribution in [0.15, 0.2) is 35.5 Å². The highest BCUT2D eigenvalue weighted by Crippen LogP contribution is 2.23. The van der Waals surface area contributed by atoms with E-state index in [9.17, 15) is 0 Å². The van der Waals surface area contributed by atoms with Gasteiger partial charge in [-0.1, -0.05) is 23.9 Å². The van der Waals surface area contributed by atoms with Crippen molar-refractivity contribution in [1.82, 2.24) is 9.97 Å². The molecule has 2 aromatic rings. The molecule has 0 aliphatic rings. The first-order valence-corrected chi connectivity index (χ1v) is 7.69. The number of anilines is 2. The Labute approximate surface area is 128 Å². The number of nitrogens with one attached hydrogen (secondary N) is 2. The average molecular weight is 305 g/mol. The summed E-state index contributed by atoms with van der Waals surface area (Å²) in [7, 11) is 1.66. The van der Waals surface area contributed by atoms with Crippen LogP contribution in [0.5, 0.6) is 5.75 Å². The number of nitrogens with two attached hydrogens (primary N) is 1. The predicted octanol–water partition coefficient (Wildman–Crippen LogP) is 2.67. The highest BCUT2D eigenvalue weighted by Gasteiger charge is 2.09. The van der Waals surface area contributed by atoms with Crippen LogP contribution in [0.4, 0.5) is 11.6 Å². The molecule has 0 saturated heterocycles. The zero-order valence-corrected chi connectivity index (χ0v) is 13.1. The molecule has 0 saturated carbocycles. The molecule has 0 radical (unpaired) electrons. The monoisotopic (exact) mass is 305 g/mol. The van der Waals surface area contributed by atoms with Crippen molar-refractivity contribution in [2.24, 2.45) is 5.84 Å². The third-order valence-electron chi connectivity index (χ3n) is 3.02. The number of nitrogens with zero attached hydrogens (tertiary/aromatic N) is 2. The van der Waals surface area contributed by atoms with E-state index in [2.05, 4.69) is 27.6 Å². The molecule has 21 heavy (non-hydrogen) atoms. The second-order valence-corrected chi connectivity index (χ2v) is 5.18. The maximum absolute atomic E-state index is 5.42. The summed E-state index contributed by atoms with van der Waals surface area (Å²) in [4.78, 5) is 8.65. The minimum absolute atomic E-state index is 0.103. The van der Waals surface area contributed by atoms with Crippen LogP contribution in [0.2, 0.25) is 0 Å². The predicted molar refractivity (Wildman–Crippen MR) is 86.7 cm³/mol. The molecule has 1 heterocycles. The van der Waals surface area contributed by atoms with Gasteiger partial charge in [-0.2, -0.15) is 0 Å². The van der Waals surface area contributed by atoms with Crippen molar-refractivity contribution in [2.75, 3.05) is 24.1 Å². The molecule has 1 aromatic carbocycles. The van der Waals surface area contributed by atoms with Crippen LogP contribution < -0.4 is 21.3 Å². The van der Waals surface area contributed by atoms with Gasteiger partial charge in [-0.3, -0.25) is 0 Å². The molecule has 1 unspecified atom stereocenters. The molecule has 0 aliphatic carbocycles. The van der Waals surface area contributed by atoms with Crippen molar-refractivity contribution >= 4 is 23.4 Å². The number of methoxy groups -OCH3 is 1. The average Bonchev–Trinajstić information content (AvgIpc) is 2.54. The fourth-order valence-corrected chi connectivity index (χ4v) is 2.24. The van der Waals surface area contributed by atoms with E-state index < -0.39 is 0 Å². The summed E-state index contributed by atoms with van der Waals surface area (Å²) < 4.78 is 5.16. The van der Waals surface area contributed by atoms with Crippen LogP contribution in [0.3, 0.4) is 0 Å². The lowest BCUT2D eigenvalue weighted by atomic mass is 10.1. The Morgan fingerprint density at radius 2 is 1.86 bits per heavy atom. The van der Waals surface area contributed by atoms with Gasteiger partial charge in [-0.15, -0.1) is 0 Å². The van der Waals surface area contributed by atoms with Crippen molar-refractivity contribution in [3.05, 3.63) is 35.9 Å². The molecule has 0 amide bonds. The van der Waals surface area contributed by atoms with Gasteiger partial charge in [0.05, 0.1) is 7.11 Å². The van der Waals surface area contributed by atoms with E-state index in [1.165, 1.54) is 11.8 Å². The zero-order chi connectivity index (χ0) is 15.2. The molecular weight excluding hydrogens is 286 g/mol. The lowest BCUT2D eigenvalue weighted by Crippen LogP contribution is -2.12. The molecule has 0 fully saturated rings. The number of rotatable bonds is 6. The summed E-state index contributed by atoms with van der Waals surface area (Å²) in [6.07, 6.45) is 1.92. The molecule has 0 spiro atoms. The third-order valence-corrected chi connectivity index (χ3v) is 3.56. The van der Waals surface area contributed by atoms with Gasteiger partial charge < -0.3 is 15.5 Å². The fourth-order valence-electron chi connectivity index (χ4n) is 1.86. The maximum Gasteiger partial charge on any atom is 0.191 e. The third kappa shape index (κ3) is 3.99. The molecule has 0 bridgehead atoms. The van der Waals surface area contributed by atoms with E-state index in [1.807, 2.05) is 30.5 Å². The van der Waals surface area contributed by atoms with Gasteiger partial charge in [-0.05, 0) is 30.9 Å². The van der Waals surface area contributed by atoms with Crippen LogP contribution in [0.25, 0.3) is 0 Å². The second kappa shape index (κ2) is 7.14. The number of hydrogen-bond acceptors (Lipinski definition) is 7. The van der Waals surface area contributed by atoms with Crippen molar-refractivity contribution in [3.63, 3.8) is 0 Å². The number of hydrogen-bond donors (Lipinski definition) is 3. The van der Waals surface area contributed by atoms with Gasteiger partial charge in [0, 0.05) is 12.1 Å². The number of nitrogen functional groups attached to an aromatic ring is 1. The molecule has 1 atom stereocenters. The first-order chi connectivity index (χ1) is 10.2. The summed E-state index contributed by atoms with van der Waals surface area (Å²) in [5.74, 6) is 7.57. The van der Waals surface area contributed by atoms with Gasteiger partial charge >= 0.3 is 0 Å². The smallest absolute Gasteiger partial charge is 0.191 e. The summed E-state index contributed by atoms with van der Waals surface area (Å²) >= 11 is 1.47. The second-order valence-electron chi connectivity index (χ2n) is 4.41. The summed E-state index contributed by atoms with van der Waals surface area (Å²) in [6, 6.07) is 9.80. The van der Waals surface area contributed by atoms with E-state index in [0.717, 1.165) is 17.1 Å². The zero-order valence-electron chi connectivity index (χ0n) is 12.3. The highest BCUT2D eigenvalue weighted by atomic mass is 32.2. The number of hydrazine groups is 1. The number of benzene rings is 1. The van der Waals surface area contributed by atoms with E-state index in [0.29, 0.717) is 11.0 Å². The molecule has 7 heteroatoms. The quantitative estimate of drug-likeness (QED) is 0.327. The van der Waals surface area contributed by atoms with E-state index in [1.54, 1.807) is 13.2 Å². The maximum atomic E-state index is 5.42. The van der Waals surface area contributed by atoms with Crippen LogP contribution in [-0.4, -0.2) is 23.3 Å². The summed E-state index contributed by atoms with van der Waals surface area (Å²) in [6.45, 7) is 2.07. The Morgan fingerprint density at radius 3 is 2.43 bits per heavy atom. The van der Waals surface area contributed by atoms with E-state index >= 15 is 0 Å². The molecule has 1 aromatic heterocycles. The minimum Gasteiger partial charge on any atom is -0.497 e. The summed E-state index contributed by atoms with van der Waals surface area (Å²) in [5.41, 5.74) is 3.69. The Kier molecular flexibility index (Phi) is 5.24. The van der Waals surface area contributed by atoms with Crippen LogP contribution in [0.1, 0.15) is 18.5 Å². The molecule has 6 nitrogen and oxygen atoms in total. The lowest BCUT2D eigenvalue weighted by molar-refractivity contribution is 0.414. The first-order valence-electron chi connectivity index (χ1n) is 6.46. The first kappa shape index (κ1) is 15.4. The SMILES string of the molecule is COc1ccc(C(C)Nc2cc(NN)nc(SC)n2)cc1. The molecule has 112 valence electrons. The molecule has 2 rings (SSSR count). The van der Waals surface area contributed by atoms with Gasteiger partial charge in [-0.25, -0.2) is 15.8 Å². The normalized spacial score (nSPS) is 11.8. The highest BCUT2D eigenvalue weighted by molar-refractivity contribution is 7.98. The van der Waals surface area contributed by atoms with Crippen LogP contribution in [-0.2, 0) is 0 Å². The minimum atomic E-state index is 0.103. The van der Waals surface area contributed by atoms with Gasteiger partial charge in [0.1, 0.15) is 17.4 Å². The summed E-state index contributed by atoms with van der Waals surface area (Å²) in [5, 5.41) is 4.01. The van der Waals surface area contributed by atoms with E-state index in [-0.39, 0.29) is 6.04 Å². The fraction of sp³-hybridized carbons (Fsp3) is 0.286.